The van der Waals surface area contributed by atoms with E-state index in [0.717, 1.165) is 0 Å². The number of fused-ring (bicyclic) bond motifs is 1. The summed E-state index contributed by atoms with van der Waals surface area (Å²) in [5, 5.41) is 12.7. The van der Waals surface area contributed by atoms with E-state index >= 15 is 0 Å². The van der Waals surface area contributed by atoms with E-state index in [-0.39, 0.29) is 12.6 Å². The van der Waals surface area contributed by atoms with Crippen LogP contribution in [0.4, 0.5) is 9.18 Å². The number of amides is 3. The van der Waals surface area contributed by atoms with Crippen molar-refractivity contribution in [3.63, 3.8) is 0 Å². The Hall–Kier alpha value is -3.08. The van der Waals surface area contributed by atoms with Crippen LogP contribution in [0.3, 0.4) is 0 Å². The summed E-state index contributed by atoms with van der Waals surface area (Å²) in [6.07, 6.45) is 0. The van der Waals surface area contributed by atoms with E-state index in [0.29, 0.717) is 29.9 Å². The molecule has 1 fully saturated rings. The van der Waals surface area contributed by atoms with Crippen molar-refractivity contribution in [2.75, 3.05) is 19.6 Å². The van der Waals surface area contributed by atoms with Gasteiger partial charge in [-0.25, -0.2) is 9.18 Å². The molecule has 0 bridgehead atoms. The Morgan fingerprint density at radius 1 is 1.32 bits per heavy atom. The second-order valence-corrected chi connectivity index (χ2v) is 8.15. The first kappa shape index (κ1) is 19.7. The summed E-state index contributed by atoms with van der Waals surface area (Å²) in [6.45, 7) is 6.72. The molecule has 0 saturated carbocycles. The smallest absolute Gasteiger partial charge is 0.317 e. The highest BCUT2D eigenvalue weighted by atomic mass is 19.1. The normalized spacial score (nSPS) is 22.0. The number of carbonyl (C=O) groups is 2. The predicted octanol–water partition coefficient (Wildman–Crippen LogP) is 1.67. The molecule has 3 amide bonds. The second kappa shape index (κ2) is 7.15. The van der Waals surface area contributed by atoms with Gasteiger partial charge in [-0.3, -0.25) is 4.79 Å². The zero-order valence-corrected chi connectivity index (χ0v) is 16.2. The van der Waals surface area contributed by atoms with E-state index in [1.54, 1.807) is 11.0 Å². The Kier molecular flexibility index (Phi) is 5.02. The number of carbonyl (C=O) groups excluding carboxylic acids is 2. The topological polar surface area (TPSA) is 102 Å². The van der Waals surface area contributed by atoms with Crippen molar-refractivity contribution in [1.29, 1.82) is 5.26 Å². The first-order chi connectivity index (χ1) is 13.1. The van der Waals surface area contributed by atoms with Crippen molar-refractivity contribution >= 4 is 17.5 Å². The lowest BCUT2D eigenvalue weighted by molar-refractivity contribution is -0.121. The van der Waals surface area contributed by atoms with Crippen LogP contribution in [-0.4, -0.2) is 53.0 Å². The molecule has 1 aromatic carbocycles. The third-order valence-electron chi connectivity index (χ3n) is 4.97. The maximum atomic E-state index is 13.8. The zero-order chi connectivity index (χ0) is 20.6. The molecule has 1 aromatic rings. The van der Waals surface area contributed by atoms with Gasteiger partial charge in [-0.15, -0.1) is 0 Å². The highest BCUT2D eigenvalue weighted by Gasteiger charge is 2.47. The number of rotatable bonds is 2. The summed E-state index contributed by atoms with van der Waals surface area (Å²) < 4.78 is 13.8. The fourth-order valence-electron chi connectivity index (χ4n) is 3.88. The average molecular weight is 385 g/mol. The molecule has 2 unspecified atom stereocenters. The van der Waals surface area contributed by atoms with Crippen molar-refractivity contribution in [1.82, 2.24) is 15.1 Å². The van der Waals surface area contributed by atoms with E-state index in [2.05, 4.69) is 11.4 Å². The number of urea groups is 1. The summed E-state index contributed by atoms with van der Waals surface area (Å²) in [6, 6.07) is 7.26. The molecule has 0 aliphatic carbocycles. The SMILES string of the molecule is CC(C)(C)NC(=O)N1CCN2C(C#N)=C(c3cccc(F)c3)C(C(N)=O)C2C1. The van der Waals surface area contributed by atoms with Crippen molar-refractivity contribution in [3.8, 4) is 6.07 Å². The largest absolute Gasteiger partial charge is 0.369 e. The van der Waals surface area contributed by atoms with Gasteiger partial charge in [-0.05, 0) is 38.5 Å². The van der Waals surface area contributed by atoms with Gasteiger partial charge in [0.05, 0.1) is 12.0 Å². The highest BCUT2D eigenvalue weighted by Crippen LogP contribution is 2.41. The van der Waals surface area contributed by atoms with Crippen LogP contribution in [0.1, 0.15) is 26.3 Å². The third kappa shape index (κ3) is 3.65. The standard InChI is InChI=1S/C20H24FN5O2/c1-20(2,3)24-19(28)25-7-8-26-14(10-22)16(12-5-4-6-13(21)9-12)17(18(23)27)15(26)11-25/h4-6,9,15,17H,7-8,11H2,1-3H3,(H2,23,27)(H,24,28). The van der Waals surface area contributed by atoms with Crippen LogP contribution < -0.4 is 11.1 Å². The fourth-order valence-corrected chi connectivity index (χ4v) is 3.88. The minimum atomic E-state index is -0.804. The highest BCUT2D eigenvalue weighted by molar-refractivity contribution is 5.95. The Morgan fingerprint density at radius 3 is 2.61 bits per heavy atom. The van der Waals surface area contributed by atoms with Gasteiger partial charge in [0.1, 0.15) is 17.6 Å². The molecule has 2 heterocycles. The van der Waals surface area contributed by atoms with Crippen LogP contribution in [0, 0.1) is 23.1 Å². The number of hydrogen-bond acceptors (Lipinski definition) is 4. The first-order valence-electron chi connectivity index (χ1n) is 9.15. The minimum Gasteiger partial charge on any atom is -0.369 e. The molecule has 2 atom stereocenters. The third-order valence-corrected chi connectivity index (χ3v) is 4.97. The molecule has 8 heteroatoms. The summed E-state index contributed by atoms with van der Waals surface area (Å²) in [5.41, 5.74) is 6.50. The summed E-state index contributed by atoms with van der Waals surface area (Å²) >= 11 is 0. The Morgan fingerprint density at radius 2 is 2.04 bits per heavy atom. The van der Waals surface area contributed by atoms with E-state index < -0.39 is 29.2 Å². The maximum absolute atomic E-state index is 13.8. The monoisotopic (exact) mass is 385 g/mol. The van der Waals surface area contributed by atoms with Crippen LogP contribution in [0.2, 0.25) is 0 Å². The van der Waals surface area contributed by atoms with Crippen molar-refractivity contribution in [2.45, 2.75) is 32.4 Å². The number of piperazine rings is 1. The van der Waals surface area contributed by atoms with Crippen LogP contribution >= 0.6 is 0 Å². The van der Waals surface area contributed by atoms with Gasteiger partial charge in [0.2, 0.25) is 5.91 Å². The molecule has 28 heavy (non-hydrogen) atoms. The molecule has 1 saturated heterocycles. The summed E-state index contributed by atoms with van der Waals surface area (Å²) in [7, 11) is 0. The summed E-state index contributed by atoms with van der Waals surface area (Å²) in [5.74, 6) is -1.86. The lowest BCUT2D eigenvalue weighted by Gasteiger charge is -2.41. The Balaban J connectivity index is 1.96. The van der Waals surface area contributed by atoms with E-state index in [1.807, 2.05) is 25.7 Å². The number of nitrogens with zero attached hydrogens (tertiary/aromatic N) is 3. The second-order valence-electron chi connectivity index (χ2n) is 8.15. The van der Waals surface area contributed by atoms with Gasteiger partial charge in [-0.2, -0.15) is 5.26 Å². The number of hydrogen-bond donors (Lipinski definition) is 2. The molecule has 0 spiro atoms. The minimum absolute atomic E-state index is 0.229. The Labute approximate surface area is 163 Å². The summed E-state index contributed by atoms with van der Waals surface area (Å²) in [4.78, 5) is 28.4. The Bertz CT molecular complexity index is 883. The first-order valence-corrected chi connectivity index (χ1v) is 9.15. The molecule has 0 aromatic heterocycles. The lowest BCUT2D eigenvalue weighted by atomic mass is 9.87. The maximum Gasteiger partial charge on any atom is 0.317 e. The molecule has 148 valence electrons. The van der Waals surface area contributed by atoms with Crippen LogP contribution in [0.25, 0.3) is 5.57 Å². The quantitative estimate of drug-likeness (QED) is 0.808. The van der Waals surface area contributed by atoms with Gasteiger partial charge in [0.15, 0.2) is 0 Å². The van der Waals surface area contributed by atoms with Gasteiger partial charge in [0.25, 0.3) is 0 Å². The number of nitrogens with two attached hydrogens (primary N) is 1. The molecule has 3 N–H and O–H groups in total. The zero-order valence-electron chi connectivity index (χ0n) is 16.2. The van der Waals surface area contributed by atoms with Crippen LogP contribution in [0.15, 0.2) is 30.0 Å². The molecule has 2 aliphatic heterocycles. The number of primary amides is 1. The average Bonchev–Trinajstić information content (AvgIpc) is 2.93. The fraction of sp³-hybridized carbons (Fsp3) is 0.450. The van der Waals surface area contributed by atoms with Gasteiger partial charge >= 0.3 is 6.03 Å². The number of benzene rings is 1. The molecule has 2 aliphatic rings. The van der Waals surface area contributed by atoms with Crippen LogP contribution in [0.5, 0.6) is 0 Å². The number of nitrogens with one attached hydrogen (secondary N) is 1. The van der Waals surface area contributed by atoms with Gasteiger partial charge < -0.3 is 20.9 Å². The molecule has 0 radical (unpaired) electrons. The molecular formula is C20H24FN5O2. The molecule has 3 rings (SSSR count). The predicted molar refractivity (Wildman–Crippen MR) is 102 cm³/mol. The van der Waals surface area contributed by atoms with E-state index in [9.17, 15) is 19.2 Å². The molecular weight excluding hydrogens is 361 g/mol. The van der Waals surface area contributed by atoms with Gasteiger partial charge in [-0.1, -0.05) is 12.1 Å². The number of halogens is 1. The lowest BCUT2D eigenvalue weighted by Crippen LogP contribution is -2.59. The number of nitriles is 1. The van der Waals surface area contributed by atoms with Crippen molar-refractivity contribution < 1.29 is 14.0 Å². The van der Waals surface area contributed by atoms with Crippen molar-refractivity contribution in [3.05, 3.63) is 41.3 Å². The van der Waals surface area contributed by atoms with E-state index in [1.165, 1.54) is 18.2 Å². The number of allylic oxidation sites excluding steroid dienone is 1. The van der Waals surface area contributed by atoms with E-state index in [4.69, 9.17) is 5.73 Å². The van der Waals surface area contributed by atoms with Gasteiger partial charge in [0, 0.05) is 30.7 Å². The van der Waals surface area contributed by atoms with Crippen LogP contribution in [-0.2, 0) is 4.79 Å². The van der Waals surface area contributed by atoms with Crippen molar-refractivity contribution in [2.24, 2.45) is 11.7 Å². The molecule has 7 nitrogen and oxygen atoms in total.